The van der Waals surface area contributed by atoms with Gasteiger partial charge in [0.1, 0.15) is 6.04 Å². The van der Waals surface area contributed by atoms with Crippen molar-refractivity contribution in [2.45, 2.75) is 59.0 Å². The molecule has 2 aromatic rings. The monoisotopic (exact) mass is 344 g/mol. The highest BCUT2D eigenvalue weighted by molar-refractivity contribution is 5.87. The molecule has 2 rings (SSSR count). The molecule has 0 saturated heterocycles. The number of aromatic nitrogens is 1. The average Bonchev–Trinajstić information content (AvgIpc) is 2.91. The molecule has 25 heavy (non-hydrogen) atoms. The minimum atomic E-state index is -1.00. The number of para-hydroxylation sites is 1. The van der Waals surface area contributed by atoms with Crippen LogP contribution in [0.15, 0.2) is 30.5 Å². The lowest BCUT2D eigenvalue weighted by Crippen LogP contribution is -2.42. The SMILES string of the molecule is CC(C)CCC(=O)NC(Cc1cn(C(C)C)c2ccccc12)C(=O)O. The highest BCUT2D eigenvalue weighted by Gasteiger charge is 2.22. The van der Waals surface area contributed by atoms with Gasteiger partial charge in [-0.15, -0.1) is 0 Å². The summed E-state index contributed by atoms with van der Waals surface area (Å²) in [4.78, 5) is 23.7. The van der Waals surface area contributed by atoms with Gasteiger partial charge in [0, 0.05) is 36.0 Å². The van der Waals surface area contributed by atoms with Crippen molar-refractivity contribution in [2.75, 3.05) is 0 Å². The van der Waals surface area contributed by atoms with E-state index in [2.05, 4.69) is 23.7 Å². The normalized spacial score (nSPS) is 12.7. The first kappa shape index (κ1) is 19.0. The summed E-state index contributed by atoms with van der Waals surface area (Å²) in [6, 6.07) is 7.34. The van der Waals surface area contributed by atoms with Gasteiger partial charge in [-0.2, -0.15) is 0 Å². The van der Waals surface area contributed by atoms with Crippen molar-refractivity contribution >= 4 is 22.8 Å². The summed E-state index contributed by atoms with van der Waals surface area (Å²) in [5, 5.41) is 13.2. The Morgan fingerprint density at radius 3 is 2.44 bits per heavy atom. The molecule has 5 heteroatoms. The molecule has 0 spiro atoms. The Morgan fingerprint density at radius 1 is 1.16 bits per heavy atom. The molecule has 2 N–H and O–H groups in total. The van der Waals surface area contributed by atoms with Crippen molar-refractivity contribution in [1.82, 2.24) is 9.88 Å². The van der Waals surface area contributed by atoms with Crippen LogP contribution < -0.4 is 5.32 Å². The quantitative estimate of drug-likeness (QED) is 0.766. The summed E-state index contributed by atoms with van der Waals surface area (Å²) in [5.74, 6) is -0.786. The van der Waals surface area contributed by atoms with Gasteiger partial charge in [0.25, 0.3) is 0 Å². The molecule has 1 amide bonds. The molecule has 1 aromatic heterocycles. The lowest BCUT2D eigenvalue weighted by Gasteiger charge is -2.15. The van der Waals surface area contributed by atoms with Crippen LogP contribution in [0, 0.1) is 5.92 Å². The number of aliphatic carboxylic acids is 1. The number of nitrogens with zero attached hydrogens (tertiary/aromatic N) is 1. The zero-order valence-electron chi connectivity index (χ0n) is 15.5. The first-order chi connectivity index (χ1) is 11.8. The van der Waals surface area contributed by atoms with E-state index in [1.165, 1.54) is 0 Å². The predicted molar refractivity (Wildman–Crippen MR) is 99.7 cm³/mol. The summed E-state index contributed by atoms with van der Waals surface area (Å²) in [6.45, 7) is 8.28. The second kappa shape index (κ2) is 8.19. The van der Waals surface area contributed by atoms with E-state index in [9.17, 15) is 14.7 Å². The highest BCUT2D eigenvalue weighted by atomic mass is 16.4. The van der Waals surface area contributed by atoms with Crippen LogP contribution in [0.25, 0.3) is 10.9 Å². The molecule has 0 aliphatic rings. The van der Waals surface area contributed by atoms with Crippen LogP contribution in [-0.4, -0.2) is 27.6 Å². The number of hydrogen-bond donors (Lipinski definition) is 2. The van der Waals surface area contributed by atoms with Gasteiger partial charge < -0.3 is 15.0 Å². The van der Waals surface area contributed by atoms with Crippen LogP contribution in [0.1, 0.15) is 52.1 Å². The third kappa shape index (κ3) is 4.84. The number of rotatable bonds is 8. The van der Waals surface area contributed by atoms with Gasteiger partial charge in [0.15, 0.2) is 0 Å². The maximum absolute atomic E-state index is 12.0. The lowest BCUT2D eigenvalue weighted by molar-refractivity contribution is -0.141. The first-order valence-electron chi connectivity index (χ1n) is 8.90. The second-order valence-electron chi connectivity index (χ2n) is 7.27. The van der Waals surface area contributed by atoms with Crippen LogP contribution in [0.4, 0.5) is 0 Å². The van der Waals surface area contributed by atoms with Gasteiger partial charge in [-0.3, -0.25) is 4.79 Å². The van der Waals surface area contributed by atoms with Crippen molar-refractivity contribution in [3.63, 3.8) is 0 Å². The van der Waals surface area contributed by atoms with Crippen LogP contribution in [0.5, 0.6) is 0 Å². The molecule has 0 aliphatic carbocycles. The van der Waals surface area contributed by atoms with Crippen LogP contribution >= 0.6 is 0 Å². The van der Waals surface area contributed by atoms with Gasteiger partial charge in [0.2, 0.25) is 5.91 Å². The van der Waals surface area contributed by atoms with E-state index >= 15 is 0 Å². The van der Waals surface area contributed by atoms with Crippen molar-refractivity contribution in [3.05, 3.63) is 36.0 Å². The number of nitrogens with one attached hydrogen (secondary N) is 1. The Bertz CT molecular complexity index is 746. The largest absolute Gasteiger partial charge is 0.480 e. The Hall–Kier alpha value is -2.30. The summed E-state index contributed by atoms with van der Waals surface area (Å²) >= 11 is 0. The van der Waals surface area contributed by atoms with E-state index in [1.54, 1.807) is 0 Å². The third-order valence-electron chi connectivity index (χ3n) is 4.39. The zero-order valence-corrected chi connectivity index (χ0v) is 15.5. The minimum absolute atomic E-state index is 0.200. The number of hydrogen-bond acceptors (Lipinski definition) is 2. The molecule has 0 fully saturated rings. The lowest BCUT2D eigenvalue weighted by atomic mass is 10.0. The maximum atomic E-state index is 12.0. The summed E-state index contributed by atoms with van der Waals surface area (Å²) < 4.78 is 2.14. The number of carboxylic acids is 1. The summed E-state index contributed by atoms with van der Waals surface area (Å²) in [7, 11) is 0. The summed E-state index contributed by atoms with van der Waals surface area (Å²) in [5.41, 5.74) is 2.03. The Kier molecular flexibility index (Phi) is 6.23. The van der Waals surface area contributed by atoms with Crippen LogP contribution in [0.2, 0.25) is 0 Å². The van der Waals surface area contributed by atoms with Crippen LogP contribution in [0.3, 0.4) is 0 Å². The van der Waals surface area contributed by atoms with Gasteiger partial charge in [-0.05, 0) is 37.8 Å². The highest BCUT2D eigenvalue weighted by Crippen LogP contribution is 2.25. The molecule has 1 atom stereocenters. The number of benzene rings is 1. The fraction of sp³-hybridized carbons (Fsp3) is 0.500. The third-order valence-corrected chi connectivity index (χ3v) is 4.39. The smallest absolute Gasteiger partial charge is 0.326 e. The Balaban J connectivity index is 2.21. The Morgan fingerprint density at radius 2 is 1.84 bits per heavy atom. The van der Waals surface area contributed by atoms with E-state index in [0.717, 1.165) is 22.9 Å². The number of carboxylic acid groups (broad SMARTS) is 1. The molecular weight excluding hydrogens is 316 g/mol. The molecule has 0 saturated carbocycles. The number of carbonyl (C=O) groups excluding carboxylic acids is 1. The van der Waals surface area contributed by atoms with Crippen molar-refractivity contribution in [3.8, 4) is 0 Å². The van der Waals surface area contributed by atoms with Crippen molar-refractivity contribution in [1.29, 1.82) is 0 Å². The van der Waals surface area contributed by atoms with Crippen molar-refractivity contribution < 1.29 is 14.7 Å². The van der Waals surface area contributed by atoms with Gasteiger partial charge >= 0.3 is 5.97 Å². The number of carbonyl (C=O) groups is 2. The molecule has 1 aromatic carbocycles. The standard InChI is InChI=1S/C20H28N2O3/c1-13(2)9-10-19(23)21-17(20(24)25)11-15-12-22(14(3)4)18-8-6-5-7-16(15)18/h5-8,12-14,17H,9-11H2,1-4H3,(H,21,23)(H,24,25). The molecular formula is C20H28N2O3. The topological polar surface area (TPSA) is 71.3 Å². The molecule has 136 valence electrons. The van der Waals surface area contributed by atoms with E-state index in [1.807, 2.05) is 44.3 Å². The molecule has 1 unspecified atom stereocenters. The van der Waals surface area contributed by atoms with E-state index in [0.29, 0.717) is 12.3 Å². The fourth-order valence-corrected chi connectivity index (χ4v) is 2.97. The van der Waals surface area contributed by atoms with E-state index in [4.69, 9.17) is 0 Å². The molecule has 0 aliphatic heterocycles. The summed E-state index contributed by atoms with van der Waals surface area (Å²) in [6.07, 6.45) is 3.40. The second-order valence-corrected chi connectivity index (χ2v) is 7.27. The molecule has 0 bridgehead atoms. The first-order valence-corrected chi connectivity index (χ1v) is 8.90. The molecule has 1 heterocycles. The molecule has 0 radical (unpaired) electrons. The number of amides is 1. The van der Waals surface area contributed by atoms with Crippen LogP contribution in [-0.2, 0) is 16.0 Å². The fourth-order valence-electron chi connectivity index (χ4n) is 2.97. The maximum Gasteiger partial charge on any atom is 0.326 e. The Labute approximate surface area is 149 Å². The predicted octanol–water partition coefficient (Wildman–Crippen LogP) is 3.77. The van der Waals surface area contributed by atoms with Gasteiger partial charge in [-0.1, -0.05) is 32.0 Å². The van der Waals surface area contributed by atoms with Gasteiger partial charge in [0.05, 0.1) is 0 Å². The van der Waals surface area contributed by atoms with Gasteiger partial charge in [-0.25, -0.2) is 4.79 Å². The average molecular weight is 344 g/mol. The van der Waals surface area contributed by atoms with E-state index in [-0.39, 0.29) is 18.4 Å². The number of fused-ring (bicyclic) bond motifs is 1. The molecule has 5 nitrogen and oxygen atoms in total. The zero-order chi connectivity index (χ0) is 18.6. The van der Waals surface area contributed by atoms with E-state index < -0.39 is 12.0 Å². The minimum Gasteiger partial charge on any atom is -0.480 e. The van der Waals surface area contributed by atoms with Crippen molar-refractivity contribution in [2.24, 2.45) is 5.92 Å².